The molecule has 3 aromatic carbocycles. The molecule has 3 aromatic rings. The lowest BCUT2D eigenvalue weighted by atomic mass is 9.87. The number of carbonyl (C=O) groups is 2. The van der Waals surface area contributed by atoms with E-state index in [1.165, 1.54) is 5.56 Å². The van der Waals surface area contributed by atoms with Gasteiger partial charge in [0.1, 0.15) is 0 Å². The molecule has 0 radical (unpaired) electrons. The number of carbonyl (C=O) groups excluding carboxylic acids is 2. The fourth-order valence-corrected chi connectivity index (χ4v) is 4.16. The summed E-state index contributed by atoms with van der Waals surface area (Å²) in [4.78, 5) is 25.6. The topological polar surface area (TPSA) is 55.4 Å². The van der Waals surface area contributed by atoms with Crippen LogP contribution >= 0.6 is 0 Å². The van der Waals surface area contributed by atoms with E-state index in [4.69, 9.17) is 4.74 Å². The van der Waals surface area contributed by atoms with E-state index in [0.29, 0.717) is 12.0 Å². The Kier molecular flexibility index (Phi) is 6.46. The van der Waals surface area contributed by atoms with Crippen molar-refractivity contribution >= 4 is 11.9 Å². The summed E-state index contributed by atoms with van der Waals surface area (Å²) in [6.45, 7) is 1.63. The van der Waals surface area contributed by atoms with E-state index in [0.717, 1.165) is 36.0 Å². The number of benzene rings is 3. The molecule has 1 aliphatic carbocycles. The fraction of sp³-hybridized carbons (Fsp3) is 0.259. The molecule has 2 atom stereocenters. The molecule has 0 fully saturated rings. The number of amides is 1. The van der Waals surface area contributed by atoms with Crippen LogP contribution in [0.5, 0.6) is 0 Å². The summed E-state index contributed by atoms with van der Waals surface area (Å²) in [6, 6.07) is 25.5. The van der Waals surface area contributed by atoms with Crippen molar-refractivity contribution < 1.29 is 14.3 Å². The van der Waals surface area contributed by atoms with Crippen LogP contribution in [0.25, 0.3) is 0 Å². The van der Waals surface area contributed by atoms with Gasteiger partial charge in [-0.2, -0.15) is 0 Å². The van der Waals surface area contributed by atoms with E-state index < -0.39 is 12.1 Å². The Labute approximate surface area is 183 Å². The van der Waals surface area contributed by atoms with Crippen molar-refractivity contribution in [1.29, 1.82) is 0 Å². The third kappa shape index (κ3) is 5.02. The minimum Gasteiger partial charge on any atom is -0.449 e. The van der Waals surface area contributed by atoms with Gasteiger partial charge in [0.2, 0.25) is 0 Å². The van der Waals surface area contributed by atoms with Gasteiger partial charge >= 0.3 is 5.97 Å². The largest absolute Gasteiger partial charge is 0.449 e. The van der Waals surface area contributed by atoms with Crippen molar-refractivity contribution in [1.82, 2.24) is 5.32 Å². The third-order valence-corrected chi connectivity index (χ3v) is 5.81. The SMILES string of the molecule is C[C@@H](OC(=O)c1ccccc1Cc1ccccc1)C(=O)N[C@@H]1CCCc2ccccc21. The first kappa shape index (κ1) is 20.9. The van der Waals surface area contributed by atoms with Crippen molar-refractivity contribution in [2.24, 2.45) is 0 Å². The average Bonchev–Trinajstić information content (AvgIpc) is 2.80. The summed E-state index contributed by atoms with van der Waals surface area (Å²) in [5, 5.41) is 3.07. The zero-order valence-electron chi connectivity index (χ0n) is 17.7. The maximum Gasteiger partial charge on any atom is 0.339 e. The highest BCUT2D eigenvalue weighted by atomic mass is 16.5. The molecule has 0 saturated heterocycles. The number of aryl methyl sites for hydroxylation is 1. The molecule has 1 N–H and O–H groups in total. The molecule has 0 heterocycles. The molecule has 1 aliphatic rings. The second-order valence-electron chi connectivity index (χ2n) is 8.02. The number of esters is 1. The first-order valence-corrected chi connectivity index (χ1v) is 10.8. The van der Waals surface area contributed by atoms with Crippen LogP contribution in [0, 0.1) is 0 Å². The van der Waals surface area contributed by atoms with Crippen LogP contribution < -0.4 is 5.32 Å². The molecule has 0 aliphatic heterocycles. The van der Waals surface area contributed by atoms with Gasteiger partial charge in [-0.05, 0) is 60.9 Å². The van der Waals surface area contributed by atoms with Gasteiger partial charge in [0, 0.05) is 0 Å². The number of rotatable bonds is 6. The summed E-state index contributed by atoms with van der Waals surface area (Å²) in [5.74, 6) is -0.742. The lowest BCUT2D eigenvalue weighted by Gasteiger charge is -2.27. The maximum atomic E-state index is 12.9. The molecule has 158 valence electrons. The molecule has 1 amide bonds. The van der Waals surface area contributed by atoms with Crippen molar-refractivity contribution in [3.63, 3.8) is 0 Å². The Bertz CT molecular complexity index is 1060. The van der Waals surface area contributed by atoms with Gasteiger partial charge in [0.05, 0.1) is 11.6 Å². The first-order valence-electron chi connectivity index (χ1n) is 10.8. The van der Waals surface area contributed by atoms with Crippen molar-refractivity contribution in [3.05, 3.63) is 107 Å². The van der Waals surface area contributed by atoms with Crippen molar-refractivity contribution in [2.75, 3.05) is 0 Å². The summed E-state index contributed by atoms with van der Waals surface area (Å²) in [5.41, 5.74) is 4.93. The molecule has 4 heteroatoms. The van der Waals surface area contributed by atoms with Gasteiger partial charge in [-0.15, -0.1) is 0 Å². The quantitative estimate of drug-likeness (QED) is 0.578. The minimum absolute atomic E-state index is 0.0380. The van der Waals surface area contributed by atoms with E-state index in [2.05, 4.69) is 17.4 Å². The number of ether oxygens (including phenoxy) is 1. The van der Waals surface area contributed by atoms with Gasteiger partial charge in [0.25, 0.3) is 5.91 Å². The van der Waals surface area contributed by atoms with E-state index in [1.807, 2.05) is 60.7 Å². The number of hydrogen-bond donors (Lipinski definition) is 1. The average molecular weight is 414 g/mol. The van der Waals surface area contributed by atoms with Crippen molar-refractivity contribution in [3.8, 4) is 0 Å². The summed E-state index contributed by atoms with van der Waals surface area (Å²) >= 11 is 0. The Morgan fingerprint density at radius 2 is 1.68 bits per heavy atom. The normalized spacial score (nSPS) is 16.1. The lowest BCUT2D eigenvalue weighted by molar-refractivity contribution is -0.130. The van der Waals surface area contributed by atoms with E-state index in [1.54, 1.807) is 13.0 Å². The number of nitrogens with one attached hydrogen (secondary N) is 1. The smallest absolute Gasteiger partial charge is 0.339 e. The maximum absolute atomic E-state index is 12.9. The van der Waals surface area contributed by atoms with Gasteiger partial charge in [-0.25, -0.2) is 4.79 Å². The van der Waals surface area contributed by atoms with Crippen LogP contribution in [-0.4, -0.2) is 18.0 Å². The molecule has 0 spiro atoms. The lowest BCUT2D eigenvalue weighted by Crippen LogP contribution is -2.39. The summed E-state index contributed by atoms with van der Waals surface area (Å²) < 4.78 is 5.56. The van der Waals surface area contributed by atoms with E-state index in [-0.39, 0.29) is 11.9 Å². The predicted molar refractivity (Wildman–Crippen MR) is 121 cm³/mol. The molecule has 0 bridgehead atoms. The number of hydrogen-bond acceptors (Lipinski definition) is 3. The molecule has 0 aromatic heterocycles. The zero-order valence-corrected chi connectivity index (χ0v) is 17.7. The highest BCUT2D eigenvalue weighted by molar-refractivity contribution is 5.93. The van der Waals surface area contributed by atoms with Crippen molar-refractivity contribution in [2.45, 2.75) is 44.8 Å². The van der Waals surface area contributed by atoms with E-state index >= 15 is 0 Å². The monoisotopic (exact) mass is 413 g/mol. The Balaban J connectivity index is 1.42. The van der Waals surface area contributed by atoms with Crippen LogP contribution in [-0.2, 0) is 22.4 Å². The predicted octanol–water partition coefficient (Wildman–Crippen LogP) is 5.02. The van der Waals surface area contributed by atoms with Crippen LogP contribution in [0.3, 0.4) is 0 Å². The van der Waals surface area contributed by atoms with Gasteiger partial charge in [-0.1, -0.05) is 72.8 Å². The highest BCUT2D eigenvalue weighted by Crippen LogP contribution is 2.29. The minimum atomic E-state index is -0.869. The Hall–Kier alpha value is -3.40. The van der Waals surface area contributed by atoms with Crippen LogP contribution in [0.4, 0.5) is 0 Å². The fourth-order valence-electron chi connectivity index (χ4n) is 4.16. The first-order chi connectivity index (χ1) is 15.1. The molecular formula is C27H27NO3. The highest BCUT2D eigenvalue weighted by Gasteiger charge is 2.26. The van der Waals surface area contributed by atoms with Crippen LogP contribution in [0.15, 0.2) is 78.9 Å². The molecule has 4 nitrogen and oxygen atoms in total. The summed E-state index contributed by atoms with van der Waals surface area (Å²) in [6.07, 6.45) is 2.72. The Morgan fingerprint density at radius 3 is 2.52 bits per heavy atom. The molecular weight excluding hydrogens is 386 g/mol. The third-order valence-electron chi connectivity index (χ3n) is 5.81. The number of fused-ring (bicyclic) bond motifs is 1. The molecule has 4 rings (SSSR count). The summed E-state index contributed by atoms with van der Waals surface area (Å²) in [7, 11) is 0. The van der Waals surface area contributed by atoms with Gasteiger partial charge in [-0.3, -0.25) is 4.79 Å². The van der Waals surface area contributed by atoms with Gasteiger partial charge in [0.15, 0.2) is 6.10 Å². The zero-order chi connectivity index (χ0) is 21.6. The molecule has 0 unspecified atom stereocenters. The van der Waals surface area contributed by atoms with Gasteiger partial charge < -0.3 is 10.1 Å². The second-order valence-corrected chi connectivity index (χ2v) is 8.02. The Morgan fingerprint density at radius 1 is 0.968 bits per heavy atom. The van der Waals surface area contributed by atoms with Crippen LogP contribution in [0.2, 0.25) is 0 Å². The molecule has 0 saturated carbocycles. The second kappa shape index (κ2) is 9.61. The molecule has 31 heavy (non-hydrogen) atoms. The standard InChI is InChI=1S/C27H27NO3/c1-19(26(29)28-25-17-9-14-21-12-5-7-15-23(21)25)31-27(30)24-16-8-6-13-22(24)18-20-10-3-2-4-11-20/h2-8,10-13,15-16,19,25H,9,14,17-18H2,1H3,(H,28,29)/t19-,25-/m1/s1. The van der Waals surface area contributed by atoms with E-state index in [9.17, 15) is 9.59 Å². The van der Waals surface area contributed by atoms with Crippen LogP contribution in [0.1, 0.15) is 58.4 Å².